The predicted octanol–water partition coefficient (Wildman–Crippen LogP) is 1.77. The second-order valence-electron chi connectivity index (χ2n) is 3.67. The fourth-order valence-corrected chi connectivity index (χ4v) is 1.61. The van der Waals surface area contributed by atoms with Gasteiger partial charge in [0, 0.05) is 6.92 Å². The van der Waals surface area contributed by atoms with Crippen molar-refractivity contribution in [3.05, 3.63) is 48.0 Å². The van der Waals surface area contributed by atoms with Gasteiger partial charge in [0.25, 0.3) is 0 Å². The van der Waals surface area contributed by atoms with E-state index in [2.05, 4.69) is 0 Å². The van der Waals surface area contributed by atoms with Crippen molar-refractivity contribution >= 4 is 11.8 Å². The van der Waals surface area contributed by atoms with Crippen LogP contribution in [-0.4, -0.2) is 18.0 Å². The van der Waals surface area contributed by atoms with Crippen molar-refractivity contribution in [2.24, 2.45) is 0 Å². The van der Waals surface area contributed by atoms with E-state index in [1.807, 2.05) is 18.2 Å². The van der Waals surface area contributed by atoms with Gasteiger partial charge in [0.05, 0.1) is 0 Å². The van der Waals surface area contributed by atoms with Crippen LogP contribution in [0.1, 0.15) is 18.6 Å². The van der Waals surface area contributed by atoms with Crippen molar-refractivity contribution in [2.75, 3.05) is 0 Å². The van der Waals surface area contributed by atoms with Crippen LogP contribution in [0.5, 0.6) is 0 Å². The van der Waals surface area contributed by atoms with E-state index in [-0.39, 0.29) is 5.78 Å². The van der Waals surface area contributed by atoms with Crippen LogP contribution in [0, 0.1) is 0 Å². The molecule has 2 atom stereocenters. The van der Waals surface area contributed by atoms with Gasteiger partial charge in [-0.05, 0) is 17.7 Å². The van der Waals surface area contributed by atoms with E-state index >= 15 is 0 Å². The molecule has 0 spiro atoms. The maximum Gasteiger partial charge on any atom is 0.305 e. The molecule has 1 heterocycles. The van der Waals surface area contributed by atoms with E-state index in [4.69, 9.17) is 9.47 Å². The van der Waals surface area contributed by atoms with E-state index in [0.29, 0.717) is 0 Å². The molecule has 4 heteroatoms. The normalized spacial score (nSPS) is 23.5. The molecule has 0 fully saturated rings. The standard InChI is InChI=1S/C13H12O4/c1-9(14)16-12-8-7-11(15)13(17-12)10-5-3-2-4-6-10/h2-8,12-13H,1H3. The minimum absolute atomic E-state index is 0.153. The van der Waals surface area contributed by atoms with Gasteiger partial charge in [0.15, 0.2) is 5.78 Å². The third-order valence-electron chi connectivity index (χ3n) is 2.33. The Morgan fingerprint density at radius 1 is 1.29 bits per heavy atom. The van der Waals surface area contributed by atoms with Gasteiger partial charge in [0.2, 0.25) is 6.29 Å². The van der Waals surface area contributed by atoms with Crippen LogP contribution < -0.4 is 0 Å². The Kier molecular flexibility index (Phi) is 3.35. The first-order valence-electron chi connectivity index (χ1n) is 5.26. The maximum atomic E-state index is 11.7. The van der Waals surface area contributed by atoms with Crippen molar-refractivity contribution in [3.8, 4) is 0 Å². The van der Waals surface area contributed by atoms with E-state index in [1.165, 1.54) is 19.1 Å². The van der Waals surface area contributed by atoms with Crippen molar-refractivity contribution in [1.82, 2.24) is 0 Å². The Labute approximate surface area is 98.8 Å². The summed E-state index contributed by atoms with van der Waals surface area (Å²) in [7, 11) is 0. The average molecular weight is 232 g/mol. The summed E-state index contributed by atoms with van der Waals surface area (Å²) < 4.78 is 10.3. The average Bonchev–Trinajstić information content (AvgIpc) is 2.32. The number of hydrogen-bond acceptors (Lipinski definition) is 4. The third-order valence-corrected chi connectivity index (χ3v) is 2.33. The van der Waals surface area contributed by atoms with Gasteiger partial charge >= 0.3 is 5.97 Å². The highest BCUT2D eigenvalue weighted by molar-refractivity contribution is 5.95. The highest BCUT2D eigenvalue weighted by Crippen LogP contribution is 2.25. The summed E-state index contributed by atoms with van der Waals surface area (Å²) >= 11 is 0. The zero-order valence-electron chi connectivity index (χ0n) is 9.33. The Morgan fingerprint density at radius 2 is 2.00 bits per heavy atom. The number of rotatable bonds is 2. The molecule has 0 aromatic heterocycles. The lowest BCUT2D eigenvalue weighted by atomic mass is 10.0. The van der Waals surface area contributed by atoms with Crippen molar-refractivity contribution in [3.63, 3.8) is 0 Å². The van der Waals surface area contributed by atoms with Crippen LogP contribution in [0.3, 0.4) is 0 Å². The van der Waals surface area contributed by atoms with Crippen LogP contribution in [0.4, 0.5) is 0 Å². The molecule has 1 aromatic carbocycles. The molecule has 0 saturated heterocycles. The Balaban J connectivity index is 2.16. The van der Waals surface area contributed by atoms with Gasteiger partial charge in [-0.1, -0.05) is 30.3 Å². The van der Waals surface area contributed by atoms with Crippen molar-refractivity contribution < 1.29 is 19.1 Å². The van der Waals surface area contributed by atoms with E-state index < -0.39 is 18.4 Å². The number of carbonyl (C=O) groups excluding carboxylic acids is 2. The van der Waals surface area contributed by atoms with E-state index in [9.17, 15) is 9.59 Å². The monoisotopic (exact) mass is 232 g/mol. The Morgan fingerprint density at radius 3 is 2.65 bits per heavy atom. The third kappa shape index (κ3) is 2.79. The first-order valence-corrected chi connectivity index (χ1v) is 5.26. The Hall–Kier alpha value is -1.94. The molecule has 1 aromatic rings. The minimum Gasteiger partial charge on any atom is -0.432 e. The summed E-state index contributed by atoms with van der Waals surface area (Å²) in [6, 6.07) is 9.10. The second-order valence-corrected chi connectivity index (χ2v) is 3.67. The molecule has 0 amide bonds. The number of hydrogen-bond donors (Lipinski definition) is 0. The number of esters is 1. The summed E-state index contributed by atoms with van der Waals surface area (Å²) in [6.45, 7) is 1.30. The van der Waals surface area contributed by atoms with Crippen LogP contribution in [-0.2, 0) is 19.1 Å². The largest absolute Gasteiger partial charge is 0.432 e. The zero-order chi connectivity index (χ0) is 12.3. The lowest BCUT2D eigenvalue weighted by Gasteiger charge is -2.24. The highest BCUT2D eigenvalue weighted by atomic mass is 16.7. The van der Waals surface area contributed by atoms with E-state index in [1.54, 1.807) is 12.1 Å². The molecule has 4 nitrogen and oxygen atoms in total. The number of benzene rings is 1. The van der Waals surface area contributed by atoms with Gasteiger partial charge in [-0.2, -0.15) is 0 Å². The van der Waals surface area contributed by atoms with E-state index in [0.717, 1.165) is 5.56 Å². The molecule has 88 valence electrons. The quantitative estimate of drug-likeness (QED) is 0.729. The predicted molar refractivity (Wildman–Crippen MR) is 60.0 cm³/mol. The maximum absolute atomic E-state index is 11.7. The number of ketones is 1. The van der Waals surface area contributed by atoms with Crippen LogP contribution in [0.2, 0.25) is 0 Å². The first kappa shape index (κ1) is 11.5. The van der Waals surface area contributed by atoms with Gasteiger partial charge in [-0.25, -0.2) is 0 Å². The SMILES string of the molecule is CC(=O)OC1C=CC(=O)C(c2ccccc2)O1. The molecule has 0 saturated carbocycles. The topological polar surface area (TPSA) is 52.6 Å². The molecule has 0 bridgehead atoms. The second kappa shape index (κ2) is 4.93. The highest BCUT2D eigenvalue weighted by Gasteiger charge is 2.27. The minimum atomic E-state index is -0.796. The molecule has 2 unspecified atom stereocenters. The summed E-state index contributed by atoms with van der Waals surface area (Å²) in [5.41, 5.74) is 0.749. The molecule has 1 aliphatic heterocycles. The van der Waals surface area contributed by atoms with Gasteiger partial charge in [-0.3, -0.25) is 9.59 Å². The van der Waals surface area contributed by atoms with Crippen LogP contribution in [0.15, 0.2) is 42.5 Å². The zero-order valence-corrected chi connectivity index (χ0v) is 9.33. The molecule has 0 aliphatic carbocycles. The van der Waals surface area contributed by atoms with Crippen LogP contribution >= 0.6 is 0 Å². The molecular weight excluding hydrogens is 220 g/mol. The Bertz CT molecular complexity index is 450. The lowest BCUT2D eigenvalue weighted by Crippen LogP contribution is -2.28. The molecule has 1 aliphatic rings. The van der Waals surface area contributed by atoms with Gasteiger partial charge in [-0.15, -0.1) is 0 Å². The molecule has 0 N–H and O–H groups in total. The molecule has 17 heavy (non-hydrogen) atoms. The number of carbonyl (C=O) groups is 2. The summed E-state index contributed by atoms with van der Waals surface area (Å²) in [6.07, 6.45) is 1.32. The molecule has 0 radical (unpaired) electrons. The summed E-state index contributed by atoms with van der Waals surface area (Å²) in [5, 5.41) is 0. The van der Waals surface area contributed by atoms with Crippen molar-refractivity contribution in [1.29, 1.82) is 0 Å². The van der Waals surface area contributed by atoms with Crippen LogP contribution in [0.25, 0.3) is 0 Å². The van der Waals surface area contributed by atoms with Gasteiger partial charge in [0.1, 0.15) is 6.10 Å². The smallest absolute Gasteiger partial charge is 0.305 e. The molecule has 2 rings (SSSR count). The summed E-state index contributed by atoms with van der Waals surface area (Å²) in [4.78, 5) is 22.5. The number of ether oxygens (including phenoxy) is 2. The lowest BCUT2D eigenvalue weighted by molar-refractivity contribution is -0.180. The fourth-order valence-electron chi connectivity index (χ4n) is 1.61. The van der Waals surface area contributed by atoms with Gasteiger partial charge < -0.3 is 9.47 Å². The van der Waals surface area contributed by atoms with Crippen molar-refractivity contribution in [2.45, 2.75) is 19.3 Å². The molecular formula is C13H12O4. The first-order chi connectivity index (χ1) is 8.16. The fraction of sp³-hybridized carbons (Fsp3) is 0.231. The summed E-state index contributed by atoms with van der Waals surface area (Å²) in [5.74, 6) is -0.597.